The molecule has 0 radical (unpaired) electrons. The van der Waals surface area contributed by atoms with Crippen LogP contribution in [0.3, 0.4) is 0 Å². The van der Waals surface area contributed by atoms with E-state index in [2.05, 4.69) is 0 Å². The minimum Gasteiger partial charge on any atom is -0.195 e. The Morgan fingerprint density at radius 1 is 1.20 bits per heavy atom. The lowest BCUT2D eigenvalue weighted by Crippen LogP contribution is -2.36. The molecular weight excluding hydrogens is 212 g/mol. The molecule has 0 atom stereocenters. The average Bonchev–Trinajstić information content (AvgIpc) is 3.02. The first-order chi connectivity index (χ1) is 7.10. The molecule has 0 aromatic rings. The van der Waals surface area contributed by atoms with Crippen molar-refractivity contribution >= 4 is 10.2 Å². The summed E-state index contributed by atoms with van der Waals surface area (Å²) in [6.45, 7) is 2.12. The lowest BCUT2D eigenvalue weighted by molar-refractivity contribution is 0.295. The smallest absolute Gasteiger partial charge is 0.195 e. The van der Waals surface area contributed by atoms with Crippen LogP contribution in [0.25, 0.3) is 0 Å². The Morgan fingerprint density at radius 2 is 1.80 bits per heavy atom. The van der Waals surface area contributed by atoms with E-state index in [4.69, 9.17) is 0 Å². The normalized spacial score (nSPS) is 24.7. The molecule has 0 spiro atoms. The number of hydrogen-bond donors (Lipinski definition) is 0. The molecule has 1 saturated heterocycles. The van der Waals surface area contributed by atoms with Gasteiger partial charge in [0.1, 0.15) is 0 Å². The molecule has 0 N–H and O–H groups in total. The fraction of sp³-hybridized carbons (Fsp3) is 1.00. The van der Waals surface area contributed by atoms with Gasteiger partial charge in [-0.3, -0.25) is 0 Å². The van der Waals surface area contributed by atoms with Gasteiger partial charge in [0.15, 0.2) is 0 Å². The summed E-state index contributed by atoms with van der Waals surface area (Å²) < 4.78 is 26.7. The zero-order valence-corrected chi connectivity index (χ0v) is 10.2. The number of nitrogens with zero attached hydrogens (tertiary/aromatic N) is 2. The highest BCUT2D eigenvalue weighted by atomic mass is 32.2. The second kappa shape index (κ2) is 4.39. The molecule has 1 heterocycles. The van der Waals surface area contributed by atoms with Crippen LogP contribution in [0.2, 0.25) is 0 Å². The van der Waals surface area contributed by atoms with Crippen LogP contribution in [0.4, 0.5) is 0 Å². The van der Waals surface area contributed by atoms with Gasteiger partial charge in [-0.2, -0.15) is 17.0 Å². The Hall–Kier alpha value is -0.130. The lowest BCUT2D eigenvalue weighted by atomic mass is 9.89. The highest BCUT2D eigenvalue weighted by Crippen LogP contribution is 2.26. The Bertz CT molecular complexity index is 305. The Balaban J connectivity index is 1.87. The Kier molecular flexibility index (Phi) is 3.33. The minimum absolute atomic E-state index is 0.582. The maximum atomic E-state index is 11.8. The molecule has 0 aromatic heterocycles. The minimum atomic E-state index is -3.10. The predicted octanol–water partition coefficient (Wildman–Crippen LogP) is 1.06. The zero-order valence-electron chi connectivity index (χ0n) is 9.35. The SMILES string of the molecule is CN(CC1CCCCC1)S(=O)(=O)N1CC1. The molecule has 4 nitrogen and oxygen atoms in total. The van der Waals surface area contributed by atoms with Crippen LogP contribution in [0, 0.1) is 5.92 Å². The Morgan fingerprint density at radius 3 is 2.33 bits per heavy atom. The van der Waals surface area contributed by atoms with Gasteiger partial charge < -0.3 is 0 Å². The summed E-state index contributed by atoms with van der Waals surface area (Å²) in [5, 5.41) is 0. The van der Waals surface area contributed by atoms with E-state index in [1.165, 1.54) is 40.7 Å². The van der Waals surface area contributed by atoms with Gasteiger partial charge in [0.05, 0.1) is 0 Å². The monoisotopic (exact) mass is 232 g/mol. The molecule has 0 amide bonds. The fourth-order valence-electron chi connectivity index (χ4n) is 2.30. The molecule has 2 aliphatic rings. The third-order valence-electron chi connectivity index (χ3n) is 3.37. The largest absolute Gasteiger partial charge is 0.281 e. The summed E-state index contributed by atoms with van der Waals surface area (Å²) in [4.78, 5) is 0. The second-order valence-corrected chi connectivity index (χ2v) is 6.73. The van der Waals surface area contributed by atoms with E-state index in [1.807, 2.05) is 0 Å². The fourth-order valence-corrected chi connectivity index (χ4v) is 3.63. The number of hydrogen-bond acceptors (Lipinski definition) is 2. The highest BCUT2D eigenvalue weighted by Gasteiger charge is 2.35. The van der Waals surface area contributed by atoms with Crippen LogP contribution < -0.4 is 0 Å². The van der Waals surface area contributed by atoms with Crippen molar-refractivity contribution in [2.45, 2.75) is 32.1 Å². The lowest BCUT2D eigenvalue weighted by Gasteiger charge is -2.26. The van der Waals surface area contributed by atoms with Gasteiger partial charge in [-0.25, -0.2) is 0 Å². The summed E-state index contributed by atoms with van der Waals surface area (Å²) in [5.41, 5.74) is 0. The van der Waals surface area contributed by atoms with E-state index in [0.29, 0.717) is 25.6 Å². The first kappa shape index (κ1) is 11.4. The number of rotatable bonds is 4. The van der Waals surface area contributed by atoms with Crippen LogP contribution >= 0.6 is 0 Å². The van der Waals surface area contributed by atoms with Crippen LogP contribution in [-0.2, 0) is 10.2 Å². The van der Waals surface area contributed by atoms with E-state index >= 15 is 0 Å². The molecule has 15 heavy (non-hydrogen) atoms. The summed E-state index contributed by atoms with van der Waals surface area (Å²) in [7, 11) is -1.39. The summed E-state index contributed by atoms with van der Waals surface area (Å²) in [6, 6.07) is 0. The summed E-state index contributed by atoms with van der Waals surface area (Å²) in [5.74, 6) is 0.582. The molecular formula is C10H20N2O2S. The van der Waals surface area contributed by atoms with E-state index in [-0.39, 0.29) is 0 Å². The van der Waals surface area contributed by atoms with Crippen molar-refractivity contribution in [1.82, 2.24) is 8.61 Å². The molecule has 0 bridgehead atoms. The molecule has 1 aliphatic heterocycles. The average molecular weight is 232 g/mol. The topological polar surface area (TPSA) is 40.4 Å². The highest BCUT2D eigenvalue weighted by molar-refractivity contribution is 7.87. The first-order valence-corrected chi connectivity index (χ1v) is 7.22. The van der Waals surface area contributed by atoms with Crippen molar-refractivity contribution in [3.63, 3.8) is 0 Å². The standard InChI is InChI=1S/C10H20N2O2S/c1-11(15(13,14)12-7-8-12)9-10-5-3-2-4-6-10/h10H,2-9H2,1H3. The van der Waals surface area contributed by atoms with E-state index < -0.39 is 10.2 Å². The van der Waals surface area contributed by atoms with Crippen LogP contribution in [0.1, 0.15) is 32.1 Å². The molecule has 2 fully saturated rings. The zero-order chi connectivity index (χ0) is 10.9. The van der Waals surface area contributed by atoms with E-state index in [0.717, 1.165) is 0 Å². The van der Waals surface area contributed by atoms with Crippen molar-refractivity contribution < 1.29 is 8.42 Å². The maximum absolute atomic E-state index is 11.8. The van der Waals surface area contributed by atoms with Crippen LogP contribution in [-0.4, -0.2) is 43.7 Å². The molecule has 1 saturated carbocycles. The van der Waals surface area contributed by atoms with Crippen molar-refractivity contribution in [3.8, 4) is 0 Å². The van der Waals surface area contributed by atoms with Crippen LogP contribution in [0.5, 0.6) is 0 Å². The first-order valence-electron chi connectivity index (χ1n) is 5.82. The predicted molar refractivity (Wildman–Crippen MR) is 59.7 cm³/mol. The summed E-state index contributed by atoms with van der Waals surface area (Å²) >= 11 is 0. The van der Waals surface area contributed by atoms with Crippen LogP contribution in [0.15, 0.2) is 0 Å². The second-order valence-electron chi connectivity index (χ2n) is 4.69. The van der Waals surface area contributed by atoms with Gasteiger partial charge in [0.2, 0.25) is 0 Å². The van der Waals surface area contributed by atoms with Crippen molar-refractivity contribution in [2.24, 2.45) is 5.92 Å². The van der Waals surface area contributed by atoms with E-state index in [9.17, 15) is 8.42 Å². The third-order valence-corrected chi connectivity index (χ3v) is 5.32. The molecule has 0 aromatic carbocycles. The molecule has 0 unspecified atom stereocenters. The summed E-state index contributed by atoms with van der Waals surface area (Å²) in [6.07, 6.45) is 6.24. The maximum Gasteiger partial charge on any atom is 0.281 e. The third kappa shape index (κ3) is 2.71. The van der Waals surface area contributed by atoms with Crippen molar-refractivity contribution in [2.75, 3.05) is 26.7 Å². The quantitative estimate of drug-likeness (QED) is 0.680. The molecule has 88 valence electrons. The van der Waals surface area contributed by atoms with Gasteiger partial charge in [0, 0.05) is 26.7 Å². The Labute approximate surface area is 92.4 Å². The van der Waals surface area contributed by atoms with Gasteiger partial charge in [0.25, 0.3) is 10.2 Å². The van der Waals surface area contributed by atoms with E-state index in [1.54, 1.807) is 7.05 Å². The molecule has 1 aliphatic carbocycles. The van der Waals surface area contributed by atoms with Gasteiger partial charge in [-0.15, -0.1) is 0 Å². The van der Waals surface area contributed by atoms with Gasteiger partial charge in [-0.05, 0) is 18.8 Å². The van der Waals surface area contributed by atoms with Crippen molar-refractivity contribution in [1.29, 1.82) is 0 Å². The van der Waals surface area contributed by atoms with Gasteiger partial charge in [-0.1, -0.05) is 19.3 Å². The molecule has 2 rings (SSSR count). The molecule has 5 heteroatoms. The van der Waals surface area contributed by atoms with Crippen molar-refractivity contribution in [3.05, 3.63) is 0 Å². The van der Waals surface area contributed by atoms with Gasteiger partial charge >= 0.3 is 0 Å².